The summed E-state index contributed by atoms with van der Waals surface area (Å²) in [5, 5.41) is 29.3. The molecule has 0 radical (unpaired) electrons. The first-order valence-corrected chi connectivity index (χ1v) is 8.69. The van der Waals surface area contributed by atoms with Gasteiger partial charge in [-0.05, 0) is 32.3 Å². The van der Waals surface area contributed by atoms with Crippen LogP contribution in [0.25, 0.3) is 0 Å². The summed E-state index contributed by atoms with van der Waals surface area (Å²) in [5.74, 6) is -1.56. The second-order valence-corrected chi connectivity index (χ2v) is 6.27. The average Bonchev–Trinajstić information content (AvgIpc) is 2.52. The van der Waals surface area contributed by atoms with E-state index in [1.165, 1.54) is 19.3 Å². The molecule has 3 N–H and O–H groups in total. The molecule has 1 aliphatic rings. The van der Waals surface area contributed by atoms with Crippen LogP contribution in [0.2, 0.25) is 0 Å². The third-order valence-electron chi connectivity index (χ3n) is 4.11. The Kier molecular flexibility index (Phi) is 9.45. The first-order valence-electron chi connectivity index (χ1n) is 8.69. The number of cyclic esters (lactones) is 1. The summed E-state index contributed by atoms with van der Waals surface area (Å²) >= 11 is 0. The van der Waals surface area contributed by atoms with E-state index in [2.05, 4.69) is 0 Å². The van der Waals surface area contributed by atoms with E-state index in [9.17, 15) is 20.1 Å². The zero-order chi connectivity index (χ0) is 17.1. The first-order chi connectivity index (χ1) is 11.0. The second kappa shape index (κ2) is 11.1. The molecule has 0 bridgehead atoms. The van der Waals surface area contributed by atoms with Gasteiger partial charge in [0.15, 0.2) is 11.5 Å². The lowest BCUT2D eigenvalue weighted by Gasteiger charge is -2.12. The van der Waals surface area contributed by atoms with E-state index in [0.29, 0.717) is 6.42 Å². The van der Waals surface area contributed by atoms with Crippen LogP contribution in [-0.2, 0) is 9.53 Å². The molecule has 1 heterocycles. The Morgan fingerprint density at radius 2 is 1.43 bits per heavy atom. The highest BCUT2D eigenvalue weighted by molar-refractivity contribution is 5.82. The quantitative estimate of drug-likeness (QED) is 0.584. The predicted molar refractivity (Wildman–Crippen MR) is 89.2 cm³/mol. The van der Waals surface area contributed by atoms with E-state index in [1.54, 1.807) is 0 Å². The van der Waals surface area contributed by atoms with Gasteiger partial charge >= 0.3 is 5.97 Å². The first kappa shape index (κ1) is 19.6. The maximum absolute atomic E-state index is 11.6. The lowest BCUT2D eigenvalue weighted by molar-refractivity contribution is -0.142. The van der Waals surface area contributed by atoms with Gasteiger partial charge in [-0.15, -0.1) is 0 Å². The fourth-order valence-electron chi connectivity index (χ4n) is 2.67. The van der Waals surface area contributed by atoms with Crippen LogP contribution in [0.4, 0.5) is 0 Å². The van der Waals surface area contributed by atoms with Gasteiger partial charge in [-0.1, -0.05) is 44.9 Å². The van der Waals surface area contributed by atoms with Gasteiger partial charge in [0.2, 0.25) is 0 Å². The molecule has 132 valence electrons. The molecule has 2 atom stereocenters. The molecular formula is C18H30O5. The summed E-state index contributed by atoms with van der Waals surface area (Å²) in [5.41, 5.74) is 0. The average molecular weight is 326 g/mol. The lowest BCUT2D eigenvalue weighted by atomic mass is 10.0. The van der Waals surface area contributed by atoms with Crippen LogP contribution in [0.15, 0.2) is 23.7 Å². The van der Waals surface area contributed by atoms with Crippen molar-refractivity contribution in [2.75, 3.05) is 0 Å². The third-order valence-corrected chi connectivity index (χ3v) is 4.11. The van der Waals surface area contributed by atoms with Crippen LogP contribution in [-0.4, -0.2) is 33.5 Å². The van der Waals surface area contributed by atoms with E-state index >= 15 is 0 Å². The molecule has 0 saturated carbocycles. The topological polar surface area (TPSA) is 87.0 Å². The SMILES string of the molecule is C[C@H]1CCCCCCCCCC[C@@H](O)/C(O)=C(O)\C=C\C(=O)O1. The van der Waals surface area contributed by atoms with Crippen molar-refractivity contribution in [1.29, 1.82) is 0 Å². The van der Waals surface area contributed by atoms with Crippen molar-refractivity contribution in [1.82, 2.24) is 0 Å². The van der Waals surface area contributed by atoms with Gasteiger partial charge in [0.1, 0.15) is 6.10 Å². The summed E-state index contributed by atoms with van der Waals surface area (Å²) in [6, 6.07) is 0. The Morgan fingerprint density at radius 3 is 2.04 bits per heavy atom. The predicted octanol–water partition coefficient (Wildman–Crippen LogP) is 4.08. The highest BCUT2D eigenvalue weighted by Crippen LogP contribution is 2.16. The van der Waals surface area contributed by atoms with Crippen LogP contribution >= 0.6 is 0 Å². The number of hydrogen-bond acceptors (Lipinski definition) is 5. The van der Waals surface area contributed by atoms with Gasteiger partial charge in [0, 0.05) is 6.08 Å². The van der Waals surface area contributed by atoms with Crippen LogP contribution < -0.4 is 0 Å². The smallest absolute Gasteiger partial charge is 0.331 e. The van der Waals surface area contributed by atoms with Crippen LogP contribution in [0, 0.1) is 0 Å². The van der Waals surface area contributed by atoms with Gasteiger partial charge in [-0.3, -0.25) is 0 Å². The minimum atomic E-state index is -1.10. The Bertz CT molecular complexity index is 414. The number of rotatable bonds is 0. The molecule has 0 amide bonds. The molecule has 0 saturated heterocycles. The lowest BCUT2D eigenvalue weighted by Crippen LogP contribution is -2.14. The van der Waals surface area contributed by atoms with E-state index in [4.69, 9.17) is 4.74 Å². The fraction of sp³-hybridized carbons (Fsp3) is 0.722. The molecule has 0 aliphatic carbocycles. The fourth-order valence-corrected chi connectivity index (χ4v) is 2.67. The molecule has 5 heteroatoms. The molecule has 1 rings (SSSR count). The molecule has 0 aromatic heterocycles. The zero-order valence-electron chi connectivity index (χ0n) is 14.0. The van der Waals surface area contributed by atoms with Gasteiger partial charge in [-0.25, -0.2) is 4.79 Å². The second-order valence-electron chi connectivity index (χ2n) is 6.27. The Balaban J connectivity index is 2.65. The number of ether oxygens (including phenoxy) is 1. The number of carbonyl (C=O) groups excluding carboxylic acids is 1. The van der Waals surface area contributed by atoms with Crippen molar-refractivity contribution < 1.29 is 24.9 Å². The zero-order valence-corrected chi connectivity index (χ0v) is 14.0. The molecular weight excluding hydrogens is 296 g/mol. The van der Waals surface area contributed by atoms with Gasteiger partial charge in [0.25, 0.3) is 0 Å². The monoisotopic (exact) mass is 326 g/mol. The van der Waals surface area contributed by atoms with Crippen LogP contribution in [0.1, 0.15) is 71.1 Å². The highest BCUT2D eigenvalue weighted by Gasteiger charge is 2.14. The molecule has 0 unspecified atom stereocenters. The van der Waals surface area contributed by atoms with Crippen molar-refractivity contribution >= 4 is 5.97 Å². The molecule has 1 aliphatic heterocycles. The molecule has 23 heavy (non-hydrogen) atoms. The maximum atomic E-state index is 11.6. The summed E-state index contributed by atoms with van der Waals surface area (Å²) < 4.78 is 5.20. The Hall–Kier alpha value is -1.49. The van der Waals surface area contributed by atoms with Crippen molar-refractivity contribution in [3.63, 3.8) is 0 Å². The number of aliphatic hydroxyl groups excluding tert-OH is 3. The molecule has 0 aromatic rings. The molecule has 0 fully saturated rings. The van der Waals surface area contributed by atoms with Crippen molar-refractivity contribution in [3.05, 3.63) is 23.7 Å². The van der Waals surface area contributed by atoms with E-state index in [-0.39, 0.29) is 6.10 Å². The summed E-state index contributed by atoms with van der Waals surface area (Å²) in [6.07, 6.45) is 10.8. The minimum absolute atomic E-state index is 0.170. The van der Waals surface area contributed by atoms with Gasteiger partial charge in [-0.2, -0.15) is 0 Å². The summed E-state index contributed by atoms with van der Waals surface area (Å²) in [7, 11) is 0. The van der Waals surface area contributed by atoms with Crippen molar-refractivity contribution in [3.8, 4) is 0 Å². The van der Waals surface area contributed by atoms with Crippen molar-refractivity contribution in [2.45, 2.75) is 83.3 Å². The van der Waals surface area contributed by atoms with E-state index in [1.807, 2.05) is 6.92 Å². The maximum Gasteiger partial charge on any atom is 0.331 e. The van der Waals surface area contributed by atoms with E-state index in [0.717, 1.165) is 50.7 Å². The summed E-state index contributed by atoms with van der Waals surface area (Å²) in [4.78, 5) is 11.6. The van der Waals surface area contributed by atoms with E-state index < -0.39 is 23.6 Å². The normalized spacial score (nSPS) is 31.7. The van der Waals surface area contributed by atoms with Crippen LogP contribution in [0.5, 0.6) is 0 Å². The Morgan fingerprint density at radius 1 is 0.913 bits per heavy atom. The largest absolute Gasteiger partial charge is 0.506 e. The number of esters is 1. The number of aliphatic hydroxyl groups is 3. The van der Waals surface area contributed by atoms with Gasteiger partial charge < -0.3 is 20.1 Å². The van der Waals surface area contributed by atoms with Crippen LogP contribution in [0.3, 0.4) is 0 Å². The third kappa shape index (κ3) is 8.65. The number of carbonyl (C=O) groups is 1. The van der Waals surface area contributed by atoms with Crippen molar-refractivity contribution in [2.24, 2.45) is 0 Å². The summed E-state index contributed by atoms with van der Waals surface area (Å²) in [6.45, 7) is 1.85. The molecule has 0 spiro atoms. The minimum Gasteiger partial charge on any atom is -0.506 e. The number of hydrogen-bond donors (Lipinski definition) is 3. The Labute approximate surface area is 138 Å². The number of allylic oxidation sites excluding steroid dienone is 1. The molecule has 0 aromatic carbocycles. The molecule has 5 nitrogen and oxygen atoms in total. The standard InChI is InChI=1S/C18H30O5/c1-14-10-8-6-4-2-3-5-7-9-11-15(19)18(22)16(20)12-13-17(21)23-14/h12-15,19-20,22H,2-11H2,1H3/b13-12+,18-16-/t14-,15+/m0/s1. The van der Waals surface area contributed by atoms with Gasteiger partial charge in [0.05, 0.1) is 6.10 Å². The highest BCUT2D eigenvalue weighted by atomic mass is 16.5.